The van der Waals surface area contributed by atoms with Crippen LogP contribution in [-0.2, 0) is 11.2 Å². The zero-order valence-electron chi connectivity index (χ0n) is 9.17. The lowest BCUT2D eigenvalue weighted by atomic mass is 9.99. The third kappa shape index (κ3) is 2.67. The number of Topliss-reactive ketones (excluding diaryl/α,β-unsaturated/α-hetero) is 1. The van der Waals surface area contributed by atoms with E-state index >= 15 is 0 Å². The Morgan fingerprint density at radius 1 is 1.53 bits per heavy atom. The molecule has 0 aromatic heterocycles. The van der Waals surface area contributed by atoms with Gasteiger partial charge < -0.3 is 5.11 Å². The number of ketones is 1. The summed E-state index contributed by atoms with van der Waals surface area (Å²) < 4.78 is 1.06. The number of carbonyl (C=O) groups excluding carboxylic acids is 1. The average Bonchev–Trinajstić information content (AvgIpc) is 2.20. The summed E-state index contributed by atoms with van der Waals surface area (Å²) >= 11 is 3.49. The van der Waals surface area contributed by atoms with Gasteiger partial charge in [0.25, 0.3) is 0 Å². The molecule has 1 unspecified atom stereocenters. The third-order valence-electron chi connectivity index (χ3n) is 2.43. The Balaban J connectivity index is 3.22. The fourth-order valence-corrected chi connectivity index (χ4v) is 2.03. The molecular weight excluding hydrogens is 256 g/mol. The molecule has 0 radical (unpaired) electrons. The van der Waals surface area contributed by atoms with Crippen molar-refractivity contribution >= 4 is 21.7 Å². The summed E-state index contributed by atoms with van der Waals surface area (Å²) in [6.45, 7) is 5.40. The summed E-state index contributed by atoms with van der Waals surface area (Å²) in [5, 5.41) is 9.67. The van der Waals surface area contributed by atoms with Crippen molar-refractivity contribution in [3.8, 4) is 0 Å². The smallest absolute Gasteiger partial charge is 0.162 e. The van der Waals surface area contributed by atoms with Gasteiger partial charge in [-0.15, -0.1) is 0 Å². The maximum atomic E-state index is 11.1. The van der Waals surface area contributed by atoms with Crippen LogP contribution in [0.15, 0.2) is 16.6 Å². The van der Waals surface area contributed by atoms with E-state index in [4.69, 9.17) is 0 Å². The van der Waals surface area contributed by atoms with Crippen molar-refractivity contribution < 1.29 is 9.90 Å². The Morgan fingerprint density at radius 2 is 2.13 bits per heavy atom. The van der Waals surface area contributed by atoms with Crippen LogP contribution in [-0.4, -0.2) is 10.9 Å². The number of hydrogen-bond acceptors (Lipinski definition) is 2. The summed E-state index contributed by atoms with van der Waals surface area (Å²) in [5.74, 6) is -0.223. The lowest BCUT2D eigenvalue weighted by Crippen LogP contribution is -2.08. The van der Waals surface area contributed by atoms with E-state index in [1.165, 1.54) is 6.92 Å². The standard InChI is InChI=1S/C12H15BrO2/c1-4-9-6-10(12(15)8(3)14)5-7(2)11(9)13/h5-6,12,15H,4H2,1-3H3. The molecule has 0 fully saturated rings. The molecule has 0 spiro atoms. The molecule has 0 amide bonds. The number of aliphatic hydroxyl groups excluding tert-OH is 1. The molecule has 0 aliphatic rings. The molecule has 3 heteroatoms. The van der Waals surface area contributed by atoms with Crippen LogP contribution >= 0.6 is 15.9 Å². The van der Waals surface area contributed by atoms with Crippen molar-refractivity contribution in [1.29, 1.82) is 0 Å². The molecule has 1 N–H and O–H groups in total. The van der Waals surface area contributed by atoms with E-state index in [1.807, 2.05) is 26.0 Å². The topological polar surface area (TPSA) is 37.3 Å². The molecule has 2 nitrogen and oxygen atoms in total. The highest BCUT2D eigenvalue weighted by Crippen LogP contribution is 2.26. The molecule has 0 heterocycles. The van der Waals surface area contributed by atoms with Crippen LogP contribution in [0.25, 0.3) is 0 Å². The Labute approximate surface area is 98.4 Å². The van der Waals surface area contributed by atoms with E-state index in [1.54, 1.807) is 0 Å². The molecule has 0 bridgehead atoms. The van der Waals surface area contributed by atoms with Crippen LogP contribution in [0.5, 0.6) is 0 Å². The Hall–Kier alpha value is -0.670. The van der Waals surface area contributed by atoms with Crippen LogP contribution in [0.3, 0.4) is 0 Å². The number of carbonyl (C=O) groups is 1. The first-order valence-electron chi connectivity index (χ1n) is 4.94. The maximum absolute atomic E-state index is 11.1. The molecule has 0 aliphatic heterocycles. The third-order valence-corrected chi connectivity index (χ3v) is 3.57. The van der Waals surface area contributed by atoms with Gasteiger partial charge in [-0.3, -0.25) is 4.79 Å². The highest BCUT2D eigenvalue weighted by atomic mass is 79.9. The molecule has 1 rings (SSSR count). The first kappa shape index (κ1) is 12.4. The van der Waals surface area contributed by atoms with Gasteiger partial charge in [0.05, 0.1) is 0 Å². The van der Waals surface area contributed by atoms with Crippen molar-refractivity contribution in [2.75, 3.05) is 0 Å². The number of hydrogen-bond donors (Lipinski definition) is 1. The second-order valence-electron chi connectivity index (χ2n) is 3.68. The SMILES string of the molecule is CCc1cc(C(O)C(C)=O)cc(C)c1Br. The predicted octanol–water partition coefficient (Wildman–Crippen LogP) is 2.94. The van der Waals surface area contributed by atoms with Crippen LogP contribution < -0.4 is 0 Å². The fraction of sp³-hybridized carbons (Fsp3) is 0.417. The second-order valence-corrected chi connectivity index (χ2v) is 4.47. The van der Waals surface area contributed by atoms with Crippen LogP contribution in [0.2, 0.25) is 0 Å². The molecule has 82 valence electrons. The van der Waals surface area contributed by atoms with Gasteiger partial charge in [0.15, 0.2) is 5.78 Å². The molecule has 15 heavy (non-hydrogen) atoms. The first-order chi connectivity index (χ1) is 6.97. The predicted molar refractivity (Wildman–Crippen MR) is 63.9 cm³/mol. The molecule has 0 aliphatic carbocycles. The summed E-state index contributed by atoms with van der Waals surface area (Å²) in [5.41, 5.74) is 2.84. The Kier molecular flexibility index (Phi) is 4.05. The minimum Gasteiger partial charge on any atom is -0.381 e. The number of aliphatic hydroxyl groups is 1. The molecule has 1 atom stereocenters. The van der Waals surface area contributed by atoms with Gasteiger partial charge in [-0.1, -0.05) is 35.0 Å². The van der Waals surface area contributed by atoms with Crippen LogP contribution in [0, 0.1) is 6.92 Å². The van der Waals surface area contributed by atoms with Gasteiger partial charge in [-0.2, -0.15) is 0 Å². The highest BCUT2D eigenvalue weighted by molar-refractivity contribution is 9.10. The highest BCUT2D eigenvalue weighted by Gasteiger charge is 2.15. The van der Waals surface area contributed by atoms with Gasteiger partial charge in [0.1, 0.15) is 6.10 Å². The van der Waals surface area contributed by atoms with Gasteiger partial charge in [-0.05, 0) is 37.0 Å². The van der Waals surface area contributed by atoms with Gasteiger partial charge in [0, 0.05) is 4.47 Å². The monoisotopic (exact) mass is 270 g/mol. The lowest BCUT2D eigenvalue weighted by molar-refractivity contribution is -0.125. The average molecular weight is 271 g/mol. The van der Waals surface area contributed by atoms with Gasteiger partial charge >= 0.3 is 0 Å². The van der Waals surface area contributed by atoms with Crippen molar-refractivity contribution in [1.82, 2.24) is 0 Å². The van der Waals surface area contributed by atoms with Gasteiger partial charge in [0.2, 0.25) is 0 Å². The molecule has 0 saturated carbocycles. The summed E-state index contributed by atoms with van der Waals surface area (Å²) in [6, 6.07) is 3.72. The van der Waals surface area contributed by atoms with Crippen molar-refractivity contribution in [3.05, 3.63) is 33.3 Å². The lowest BCUT2D eigenvalue weighted by Gasteiger charge is -2.12. The maximum Gasteiger partial charge on any atom is 0.162 e. The zero-order valence-corrected chi connectivity index (χ0v) is 10.8. The Bertz CT molecular complexity index is 385. The normalized spacial score (nSPS) is 12.6. The summed E-state index contributed by atoms with van der Waals surface area (Å²) in [4.78, 5) is 11.1. The summed E-state index contributed by atoms with van der Waals surface area (Å²) in [6.07, 6.45) is -0.123. The quantitative estimate of drug-likeness (QED) is 0.917. The number of rotatable bonds is 3. The van der Waals surface area contributed by atoms with E-state index in [9.17, 15) is 9.90 Å². The van der Waals surface area contributed by atoms with Crippen LogP contribution in [0.1, 0.15) is 36.6 Å². The van der Waals surface area contributed by atoms with E-state index in [0.717, 1.165) is 22.0 Å². The van der Waals surface area contributed by atoms with E-state index < -0.39 is 6.10 Å². The largest absolute Gasteiger partial charge is 0.381 e. The molecule has 0 saturated heterocycles. The fourth-order valence-electron chi connectivity index (χ4n) is 1.52. The molecule has 1 aromatic rings. The molecular formula is C12H15BrO2. The van der Waals surface area contributed by atoms with Crippen molar-refractivity contribution in [2.24, 2.45) is 0 Å². The van der Waals surface area contributed by atoms with E-state index in [0.29, 0.717) is 5.56 Å². The first-order valence-corrected chi connectivity index (χ1v) is 5.74. The van der Waals surface area contributed by atoms with E-state index in [-0.39, 0.29) is 5.78 Å². The van der Waals surface area contributed by atoms with Crippen molar-refractivity contribution in [3.63, 3.8) is 0 Å². The minimum atomic E-state index is -0.998. The zero-order chi connectivity index (χ0) is 11.6. The minimum absolute atomic E-state index is 0.223. The number of benzene rings is 1. The number of aryl methyl sites for hydroxylation is 2. The second kappa shape index (κ2) is 4.90. The number of halogens is 1. The Morgan fingerprint density at radius 3 is 2.60 bits per heavy atom. The van der Waals surface area contributed by atoms with Crippen molar-refractivity contribution in [2.45, 2.75) is 33.3 Å². The van der Waals surface area contributed by atoms with Gasteiger partial charge in [-0.25, -0.2) is 0 Å². The van der Waals surface area contributed by atoms with Crippen LogP contribution in [0.4, 0.5) is 0 Å². The summed E-state index contributed by atoms with van der Waals surface area (Å²) in [7, 11) is 0. The van der Waals surface area contributed by atoms with E-state index in [2.05, 4.69) is 15.9 Å². The molecule has 1 aromatic carbocycles.